The van der Waals surface area contributed by atoms with Crippen LogP contribution in [0.5, 0.6) is 0 Å². The summed E-state index contributed by atoms with van der Waals surface area (Å²) in [5.41, 5.74) is 9.32. The number of hydrogen-bond donors (Lipinski definition) is 0. The van der Waals surface area contributed by atoms with Crippen LogP contribution in [0.1, 0.15) is 67.3 Å². The first kappa shape index (κ1) is 18.1. The maximum absolute atomic E-state index is 8.43. The van der Waals surface area contributed by atoms with Crippen LogP contribution in [0, 0.1) is 13.8 Å². The third kappa shape index (κ3) is 5.00. The number of aromatic nitrogens is 2. The maximum Gasteiger partial charge on any atom is 0.216 e. The zero-order valence-corrected chi connectivity index (χ0v) is 21.9. The Morgan fingerprint density at radius 1 is 0.667 bits per heavy atom. The minimum Gasteiger partial charge on any atom is -0.201 e. The lowest BCUT2D eigenvalue weighted by Crippen LogP contribution is -2.33. The normalized spacial score (nSPS) is 21.0. The van der Waals surface area contributed by atoms with Gasteiger partial charge in [0.25, 0.3) is 0 Å². The molecule has 6 rings (SSSR count). The molecule has 0 bridgehead atoms. The zero-order chi connectivity index (χ0) is 30.4. The van der Waals surface area contributed by atoms with E-state index in [0.717, 1.165) is 46.5 Å². The summed E-state index contributed by atoms with van der Waals surface area (Å²) in [6.45, 7) is 4.10. The van der Waals surface area contributed by atoms with Crippen molar-refractivity contribution >= 4 is 0 Å². The fraction of sp³-hybridized carbons (Fsp3) is 0.353. The molecular formula is C34H40N2+2. The topological polar surface area (TPSA) is 7.76 Å². The van der Waals surface area contributed by atoms with Gasteiger partial charge in [-0.15, -0.1) is 0 Å². The number of hydrogen-bond acceptors (Lipinski definition) is 0. The van der Waals surface area contributed by atoms with E-state index in [1.165, 1.54) is 11.1 Å². The lowest BCUT2D eigenvalue weighted by molar-refractivity contribution is -0.661. The summed E-state index contributed by atoms with van der Waals surface area (Å²) in [7, 11) is 3.94. The molecule has 184 valence electrons. The van der Waals surface area contributed by atoms with E-state index in [9.17, 15) is 0 Å². The number of benzene rings is 2. The van der Waals surface area contributed by atoms with Gasteiger partial charge < -0.3 is 0 Å². The summed E-state index contributed by atoms with van der Waals surface area (Å²) in [5, 5.41) is 0. The Morgan fingerprint density at radius 2 is 1.31 bits per heavy atom. The van der Waals surface area contributed by atoms with E-state index < -0.39 is 19.1 Å². The lowest BCUT2D eigenvalue weighted by atomic mass is 9.88. The molecule has 0 aliphatic heterocycles. The SMILES string of the molecule is [2H]C1([2H])CCC([2H])([2H])c2c1cc[n+](C)c2-c1ccccc1C.[2H]C1([2H])CCCc2c[n+](C)c(-c3ccccc3C)cc21. The van der Waals surface area contributed by atoms with E-state index in [4.69, 9.17) is 8.22 Å². The fourth-order valence-corrected chi connectivity index (χ4v) is 5.22. The Kier molecular flexibility index (Phi) is 5.41. The van der Waals surface area contributed by atoms with Gasteiger partial charge in [0.1, 0.15) is 14.1 Å². The summed E-state index contributed by atoms with van der Waals surface area (Å²) in [5.74, 6) is 0. The second kappa shape index (κ2) is 10.8. The molecule has 2 aromatic carbocycles. The van der Waals surface area contributed by atoms with Crippen molar-refractivity contribution in [1.82, 2.24) is 0 Å². The van der Waals surface area contributed by atoms with Crippen molar-refractivity contribution in [3.05, 3.63) is 106 Å². The molecule has 4 aromatic rings. The lowest BCUT2D eigenvalue weighted by Gasteiger charge is -2.17. The number of fused-ring (bicyclic) bond motifs is 2. The van der Waals surface area contributed by atoms with Gasteiger partial charge in [-0.1, -0.05) is 36.4 Å². The van der Waals surface area contributed by atoms with E-state index >= 15 is 0 Å². The maximum atomic E-state index is 8.43. The highest BCUT2D eigenvalue weighted by Crippen LogP contribution is 2.30. The highest BCUT2D eigenvalue weighted by Gasteiger charge is 2.23. The molecule has 2 nitrogen and oxygen atoms in total. The summed E-state index contributed by atoms with van der Waals surface area (Å²) in [6, 6.07) is 19.9. The number of pyridine rings is 2. The predicted molar refractivity (Wildman–Crippen MR) is 149 cm³/mol. The molecular weight excluding hydrogens is 436 g/mol. The Balaban J connectivity index is 0.000000169. The molecule has 0 N–H and O–H groups in total. The fourth-order valence-electron chi connectivity index (χ4n) is 5.22. The van der Waals surface area contributed by atoms with Crippen LogP contribution in [-0.4, -0.2) is 0 Å². The minimum atomic E-state index is -1.52. The summed E-state index contributed by atoms with van der Waals surface area (Å²) in [6.07, 6.45) is 2.71. The molecule has 0 atom stereocenters. The highest BCUT2D eigenvalue weighted by atomic mass is 14.9. The Morgan fingerprint density at radius 3 is 2.06 bits per heavy atom. The molecule has 0 saturated heterocycles. The van der Waals surface area contributed by atoms with E-state index in [1.54, 1.807) is 6.07 Å². The van der Waals surface area contributed by atoms with Gasteiger partial charge in [0.05, 0.1) is 0 Å². The van der Waals surface area contributed by atoms with Gasteiger partial charge in [-0.2, -0.15) is 0 Å². The minimum absolute atomic E-state index is 0.204. The number of nitrogens with zero attached hydrogens (tertiary/aromatic N) is 2. The molecule has 0 spiro atoms. The van der Waals surface area contributed by atoms with Crippen molar-refractivity contribution in [3.63, 3.8) is 0 Å². The van der Waals surface area contributed by atoms with Crippen molar-refractivity contribution < 1.29 is 17.4 Å². The summed E-state index contributed by atoms with van der Waals surface area (Å²) >= 11 is 0. The second-order valence-corrected chi connectivity index (χ2v) is 9.79. The van der Waals surface area contributed by atoms with Gasteiger partial charge >= 0.3 is 0 Å². The molecule has 0 radical (unpaired) electrons. The van der Waals surface area contributed by atoms with E-state index in [2.05, 4.69) is 35.9 Å². The standard InChI is InChI=1S/2C17H20N/c1-13-7-3-6-10-16(13)17-11-14-8-4-5-9-15(14)12-18(17)2;1-13-7-3-5-9-15(13)17-16-10-6-4-8-14(16)11-12-18(17)2/h3,6-7,10-12H,4-5,8-9H2,1-2H3;3,5,7,9,11-12H,4,6,8,10H2,1-2H3/q2*+1/i8D2;8D2,10D2. The van der Waals surface area contributed by atoms with E-state index in [1.807, 2.05) is 68.2 Å². The Labute approximate surface area is 225 Å². The molecule has 2 aromatic heterocycles. The van der Waals surface area contributed by atoms with Crippen molar-refractivity contribution in [2.45, 2.75) is 65.1 Å². The van der Waals surface area contributed by atoms with Gasteiger partial charge in [-0.3, -0.25) is 0 Å². The van der Waals surface area contributed by atoms with Gasteiger partial charge in [-0.25, -0.2) is 9.13 Å². The third-order valence-electron chi connectivity index (χ3n) is 7.18. The molecule has 2 aliphatic carbocycles. The van der Waals surface area contributed by atoms with Crippen LogP contribution < -0.4 is 9.13 Å². The molecule has 2 heteroatoms. The Hall–Kier alpha value is -3.26. The highest BCUT2D eigenvalue weighted by molar-refractivity contribution is 5.65. The van der Waals surface area contributed by atoms with E-state index in [-0.39, 0.29) is 12.8 Å². The monoisotopic (exact) mass is 482 g/mol. The summed E-state index contributed by atoms with van der Waals surface area (Å²) in [4.78, 5) is 0. The van der Waals surface area contributed by atoms with Crippen LogP contribution in [0.3, 0.4) is 0 Å². The van der Waals surface area contributed by atoms with Crippen molar-refractivity contribution in [3.8, 4) is 22.5 Å². The van der Waals surface area contributed by atoms with Gasteiger partial charge in [0.2, 0.25) is 11.4 Å². The Bertz CT molecular complexity index is 1640. The summed E-state index contributed by atoms with van der Waals surface area (Å²) < 4.78 is 53.9. The molecule has 0 saturated carbocycles. The third-order valence-corrected chi connectivity index (χ3v) is 7.18. The average Bonchev–Trinajstić information content (AvgIpc) is 2.92. The molecule has 0 amide bonds. The smallest absolute Gasteiger partial charge is 0.201 e. The number of rotatable bonds is 2. The van der Waals surface area contributed by atoms with Crippen LogP contribution in [0.15, 0.2) is 73.1 Å². The van der Waals surface area contributed by atoms with Crippen LogP contribution in [0.25, 0.3) is 22.5 Å². The van der Waals surface area contributed by atoms with Crippen molar-refractivity contribution in [1.29, 1.82) is 0 Å². The van der Waals surface area contributed by atoms with Gasteiger partial charge in [0, 0.05) is 42.6 Å². The molecule has 0 fully saturated rings. The van der Waals surface area contributed by atoms with Crippen LogP contribution in [0.4, 0.5) is 0 Å². The average molecular weight is 483 g/mol. The van der Waals surface area contributed by atoms with Crippen molar-refractivity contribution in [2.75, 3.05) is 0 Å². The number of aryl methyl sites for hydroxylation is 7. The zero-order valence-electron chi connectivity index (χ0n) is 27.9. The molecule has 2 heterocycles. The van der Waals surface area contributed by atoms with Gasteiger partial charge in [0.15, 0.2) is 12.4 Å². The predicted octanol–water partition coefficient (Wildman–Crippen LogP) is 6.73. The van der Waals surface area contributed by atoms with Crippen molar-refractivity contribution in [2.24, 2.45) is 14.1 Å². The molecule has 36 heavy (non-hydrogen) atoms. The van der Waals surface area contributed by atoms with Crippen LogP contribution >= 0.6 is 0 Å². The first-order valence-electron chi connectivity index (χ1n) is 15.9. The largest absolute Gasteiger partial charge is 0.216 e. The quantitative estimate of drug-likeness (QED) is 0.280. The second-order valence-electron chi connectivity index (χ2n) is 9.79. The molecule has 0 unspecified atom stereocenters. The van der Waals surface area contributed by atoms with Crippen LogP contribution in [-0.2, 0) is 39.6 Å². The first-order chi connectivity index (χ1) is 19.7. The van der Waals surface area contributed by atoms with E-state index in [0.29, 0.717) is 17.5 Å². The van der Waals surface area contributed by atoms with Crippen LogP contribution in [0.2, 0.25) is 0 Å². The molecule has 2 aliphatic rings. The first-order valence-corrected chi connectivity index (χ1v) is 12.9. The van der Waals surface area contributed by atoms with Gasteiger partial charge in [-0.05, 0) is 99.5 Å².